The van der Waals surface area contributed by atoms with Gasteiger partial charge in [0, 0.05) is 12.2 Å². The van der Waals surface area contributed by atoms with Crippen LogP contribution in [0.25, 0.3) is 0 Å². The first-order valence-corrected chi connectivity index (χ1v) is 8.81. The minimum Gasteiger partial charge on any atom is -0.481 e. The fraction of sp³-hybridized carbons (Fsp3) is 0.667. The second-order valence-corrected chi connectivity index (χ2v) is 6.49. The van der Waals surface area contributed by atoms with Crippen molar-refractivity contribution in [3.05, 3.63) is 0 Å². The Morgan fingerprint density at radius 3 is 2.07 bits per heavy atom. The summed E-state index contributed by atoms with van der Waals surface area (Å²) < 4.78 is 0. The Balaban J connectivity index is 4.82. The molecular formula is C15H26N4O7S. The molecule has 0 heterocycles. The maximum absolute atomic E-state index is 12.2. The molecule has 0 bridgehead atoms. The number of nitrogens with one attached hydrogen (secondary N) is 3. The van der Waals surface area contributed by atoms with Crippen LogP contribution in [0, 0.1) is 5.92 Å². The van der Waals surface area contributed by atoms with Crippen LogP contribution in [0.2, 0.25) is 0 Å². The highest BCUT2D eigenvalue weighted by Gasteiger charge is 2.26. The first-order valence-electron chi connectivity index (χ1n) is 8.18. The van der Waals surface area contributed by atoms with Crippen LogP contribution in [0.1, 0.15) is 26.7 Å². The predicted molar refractivity (Wildman–Crippen MR) is 98.0 cm³/mol. The second-order valence-electron chi connectivity index (χ2n) is 6.13. The van der Waals surface area contributed by atoms with Gasteiger partial charge < -0.3 is 31.9 Å². The van der Waals surface area contributed by atoms with Gasteiger partial charge in [-0.05, 0) is 12.3 Å². The molecule has 0 radical (unpaired) electrons. The number of hydrogen-bond donors (Lipinski definition) is 7. The Morgan fingerprint density at radius 2 is 1.63 bits per heavy atom. The molecule has 7 N–H and O–H groups in total. The van der Waals surface area contributed by atoms with E-state index in [0.29, 0.717) is 0 Å². The number of carbonyl (C=O) groups excluding carboxylic acids is 3. The molecule has 3 amide bonds. The Labute approximate surface area is 161 Å². The molecule has 0 aliphatic heterocycles. The molecule has 154 valence electrons. The SMILES string of the molecule is CC(C)C(NC(=O)CNC(=O)C(CCC(=O)O)NC(=O)C(N)CS)C(=O)O. The zero-order valence-corrected chi connectivity index (χ0v) is 16.0. The maximum atomic E-state index is 12.2. The van der Waals surface area contributed by atoms with E-state index in [1.807, 2.05) is 0 Å². The Kier molecular flexibility index (Phi) is 11.1. The van der Waals surface area contributed by atoms with Crippen LogP contribution in [0.4, 0.5) is 0 Å². The number of amides is 3. The van der Waals surface area contributed by atoms with Crippen molar-refractivity contribution in [2.45, 2.75) is 44.8 Å². The number of thiol groups is 1. The summed E-state index contributed by atoms with van der Waals surface area (Å²) in [6.07, 6.45) is -0.604. The van der Waals surface area contributed by atoms with Crippen LogP contribution in [-0.2, 0) is 24.0 Å². The minimum absolute atomic E-state index is 0.0211. The van der Waals surface area contributed by atoms with Crippen LogP contribution in [0.15, 0.2) is 0 Å². The van der Waals surface area contributed by atoms with Gasteiger partial charge in [-0.25, -0.2) is 4.79 Å². The molecule has 3 atom stereocenters. The normalized spacial score (nSPS) is 14.0. The molecule has 0 aromatic rings. The Morgan fingerprint density at radius 1 is 1.04 bits per heavy atom. The van der Waals surface area contributed by atoms with Crippen molar-refractivity contribution in [2.75, 3.05) is 12.3 Å². The van der Waals surface area contributed by atoms with Crippen LogP contribution in [0.3, 0.4) is 0 Å². The summed E-state index contributed by atoms with van der Waals surface area (Å²) in [5.41, 5.74) is 5.50. The summed E-state index contributed by atoms with van der Waals surface area (Å²) in [4.78, 5) is 57.6. The van der Waals surface area contributed by atoms with Gasteiger partial charge in [-0.1, -0.05) is 13.8 Å². The van der Waals surface area contributed by atoms with E-state index in [1.54, 1.807) is 13.8 Å². The first-order chi connectivity index (χ1) is 12.5. The second kappa shape index (κ2) is 12.1. The summed E-state index contributed by atoms with van der Waals surface area (Å²) in [6, 6.07) is -3.32. The van der Waals surface area contributed by atoms with Gasteiger partial charge in [-0.15, -0.1) is 0 Å². The van der Waals surface area contributed by atoms with E-state index in [4.69, 9.17) is 15.9 Å². The highest BCUT2D eigenvalue weighted by atomic mass is 32.1. The number of aliphatic carboxylic acids is 2. The number of carbonyl (C=O) groups is 5. The molecule has 0 aliphatic rings. The Hall–Kier alpha value is -2.34. The standard InChI is InChI=1S/C15H26N4O7S/c1-7(2)12(15(25)26)19-10(20)5-17-14(24)9(3-4-11(21)22)18-13(23)8(16)6-27/h7-9,12,27H,3-6,16H2,1-2H3,(H,17,24)(H,18,23)(H,19,20)(H,21,22)(H,25,26). The van der Waals surface area contributed by atoms with E-state index in [9.17, 15) is 24.0 Å². The third-order valence-corrected chi connectivity index (χ3v) is 3.88. The largest absolute Gasteiger partial charge is 0.481 e. The van der Waals surface area contributed by atoms with Gasteiger partial charge >= 0.3 is 11.9 Å². The number of carboxylic acids is 2. The van der Waals surface area contributed by atoms with E-state index >= 15 is 0 Å². The number of hydrogen-bond acceptors (Lipinski definition) is 7. The number of rotatable bonds is 12. The third kappa shape index (κ3) is 9.80. The smallest absolute Gasteiger partial charge is 0.326 e. The predicted octanol–water partition coefficient (Wildman–Crippen LogP) is -2.07. The van der Waals surface area contributed by atoms with Gasteiger partial charge in [-0.2, -0.15) is 12.6 Å². The molecule has 0 aromatic heterocycles. The summed E-state index contributed by atoms with van der Waals surface area (Å²) in [5.74, 6) is -4.94. The minimum atomic E-state index is -1.22. The molecule has 0 saturated carbocycles. The van der Waals surface area contributed by atoms with E-state index in [0.717, 1.165) is 0 Å². The molecule has 27 heavy (non-hydrogen) atoms. The highest BCUT2D eigenvalue weighted by molar-refractivity contribution is 7.80. The fourth-order valence-corrected chi connectivity index (χ4v) is 2.09. The average molecular weight is 406 g/mol. The molecule has 0 fully saturated rings. The summed E-state index contributed by atoms with van der Waals surface area (Å²) >= 11 is 3.87. The average Bonchev–Trinajstić information content (AvgIpc) is 2.59. The lowest BCUT2D eigenvalue weighted by molar-refractivity contribution is -0.143. The van der Waals surface area contributed by atoms with Crippen LogP contribution < -0.4 is 21.7 Å². The van der Waals surface area contributed by atoms with E-state index in [-0.39, 0.29) is 18.1 Å². The monoisotopic (exact) mass is 406 g/mol. The maximum Gasteiger partial charge on any atom is 0.326 e. The lowest BCUT2D eigenvalue weighted by atomic mass is 10.0. The molecule has 0 rings (SSSR count). The van der Waals surface area contributed by atoms with Crippen LogP contribution in [0.5, 0.6) is 0 Å². The van der Waals surface area contributed by atoms with Crippen molar-refractivity contribution >= 4 is 42.3 Å². The quantitative estimate of drug-likeness (QED) is 0.180. The van der Waals surface area contributed by atoms with E-state index < -0.39 is 60.8 Å². The summed E-state index contributed by atoms with van der Waals surface area (Å²) in [5, 5.41) is 24.6. The highest BCUT2D eigenvalue weighted by Crippen LogP contribution is 2.02. The Bertz CT molecular complexity index is 570. The topological polar surface area (TPSA) is 188 Å². The summed E-state index contributed by atoms with van der Waals surface area (Å²) in [6.45, 7) is 2.69. The van der Waals surface area contributed by atoms with Crippen molar-refractivity contribution in [1.29, 1.82) is 0 Å². The van der Waals surface area contributed by atoms with Gasteiger partial charge in [0.15, 0.2) is 0 Å². The number of carboxylic acid groups (broad SMARTS) is 2. The lowest BCUT2D eigenvalue weighted by Crippen LogP contribution is -2.54. The van der Waals surface area contributed by atoms with Crippen molar-refractivity contribution in [3.63, 3.8) is 0 Å². The van der Waals surface area contributed by atoms with Crippen molar-refractivity contribution in [2.24, 2.45) is 11.7 Å². The van der Waals surface area contributed by atoms with E-state index in [1.165, 1.54) is 0 Å². The molecule has 0 aromatic carbocycles. The van der Waals surface area contributed by atoms with Crippen molar-refractivity contribution in [3.8, 4) is 0 Å². The molecule has 11 nitrogen and oxygen atoms in total. The van der Waals surface area contributed by atoms with Gasteiger partial charge in [0.25, 0.3) is 0 Å². The number of nitrogens with two attached hydrogens (primary N) is 1. The molecule has 12 heteroatoms. The fourth-order valence-electron chi connectivity index (χ4n) is 1.93. The van der Waals surface area contributed by atoms with Crippen LogP contribution >= 0.6 is 12.6 Å². The first kappa shape index (κ1) is 24.7. The van der Waals surface area contributed by atoms with Gasteiger partial charge in [0.2, 0.25) is 17.7 Å². The zero-order valence-electron chi connectivity index (χ0n) is 15.1. The van der Waals surface area contributed by atoms with Gasteiger partial charge in [-0.3, -0.25) is 19.2 Å². The molecule has 0 aliphatic carbocycles. The molecule has 3 unspecified atom stereocenters. The van der Waals surface area contributed by atoms with Gasteiger partial charge in [0.1, 0.15) is 12.1 Å². The third-order valence-electron chi connectivity index (χ3n) is 3.49. The molecule has 0 saturated heterocycles. The van der Waals surface area contributed by atoms with Crippen LogP contribution in [-0.4, -0.2) is 70.3 Å². The van der Waals surface area contributed by atoms with Crippen molar-refractivity contribution < 1.29 is 34.2 Å². The molecular weight excluding hydrogens is 380 g/mol. The molecule has 0 spiro atoms. The van der Waals surface area contributed by atoms with Gasteiger partial charge in [0.05, 0.1) is 12.6 Å². The van der Waals surface area contributed by atoms with E-state index in [2.05, 4.69) is 28.6 Å². The zero-order chi connectivity index (χ0) is 21.1. The lowest BCUT2D eigenvalue weighted by Gasteiger charge is -2.21. The van der Waals surface area contributed by atoms with Crippen molar-refractivity contribution in [1.82, 2.24) is 16.0 Å². The summed E-state index contributed by atoms with van der Waals surface area (Å²) in [7, 11) is 0.